The maximum Gasteiger partial charge on any atom is 0.0643 e. The average Bonchev–Trinajstić information content (AvgIpc) is 2.48. The van der Waals surface area contributed by atoms with Crippen molar-refractivity contribution in [1.29, 1.82) is 0 Å². The molecule has 1 saturated carbocycles. The summed E-state index contributed by atoms with van der Waals surface area (Å²) in [6.07, 6.45) is 8.00. The fourth-order valence-corrected chi connectivity index (χ4v) is 3.43. The third kappa shape index (κ3) is 2.67. The third-order valence-electron chi connectivity index (χ3n) is 3.95. The minimum Gasteiger partial charge on any atom is -0.266 e. The van der Waals surface area contributed by atoms with Crippen LogP contribution in [0.25, 0.3) is 0 Å². The Morgan fingerprint density at radius 3 is 2.24 bits per heavy atom. The topological polar surface area (TPSA) is 17.8 Å². The first-order chi connectivity index (χ1) is 8.11. The highest BCUT2D eigenvalue weighted by Crippen LogP contribution is 2.32. The number of aromatic nitrogens is 2. The predicted octanol–water partition coefficient (Wildman–Crippen LogP) is 4.70. The van der Waals surface area contributed by atoms with Gasteiger partial charge in [-0.2, -0.15) is 5.10 Å². The van der Waals surface area contributed by atoms with Crippen molar-refractivity contribution >= 4 is 11.6 Å². The molecule has 1 aliphatic carbocycles. The summed E-state index contributed by atoms with van der Waals surface area (Å²) in [6.45, 7) is 6.28. The van der Waals surface area contributed by atoms with E-state index < -0.39 is 0 Å². The van der Waals surface area contributed by atoms with Crippen molar-refractivity contribution in [2.24, 2.45) is 0 Å². The molecule has 1 atom stereocenters. The Labute approximate surface area is 109 Å². The molecule has 1 fully saturated rings. The van der Waals surface area contributed by atoms with E-state index in [9.17, 15) is 0 Å². The van der Waals surface area contributed by atoms with E-state index in [0.29, 0.717) is 6.04 Å². The van der Waals surface area contributed by atoms with Crippen molar-refractivity contribution in [3.8, 4) is 0 Å². The Bertz CT molecular complexity index is 374. The van der Waals surface area contributed by atoms with Crippen LogP contribution in [-0.2, 0) is 0 Å². The monoisotopic (exact) mass is 254 g/mol. The quantitative estimate of drug-likeness (QED) is 0.553. The molecule has 2 rings (SSSR count). The zero-order chi connectivity index (χ0) is 12.4. The summed E-state index contributed by atoms with van der Waals surface area (Å²) < 4.78 is 2.24. The smallest absolute Gasteiger partial charge is 0.0643 e. The van der Waals surface area contributed by atoms with Crippen LogP contribution in [0.15, 0.2) is 0 Å². The molecule has 0 aromatic carbocycles. The van der Waals surface area contributed by atoms with Crippen LogP contribution in [0.1, 0.15) is 73.8 Å². The molecule has 0 N–H and O–H groups in total. The Morgan fingerprint density at radius 2 is 1.76 bits per heavy atom. The van der Waals surface area contributed by atoms with Crippen molar-refractivity contribution in [1.82, 2.24) is 9.78 Å². The SMILES string of the molecule is Cc1nn(C2CCCCCC2)c(C)c1C(C)Cl. The van der Waals surface area contributed by atoms with Gasteiger partial charge in [-0.3, -0.25) is 4.68 Å². The van der Waals surface area contributed by atoms with Crippen molar-refractivity contribution in [2.45, 2.75) is 70.7 Å². The van der Waals surface area contributed by atoms with Gasteiger partial charge in [0.05, 0.1) is 17.1 Å². The summed E-state index contributed by atoms with van der Waals surface area (Å²) in [5, 5.41) is 4.79. The number of hydrogen-bond acceptors (Lipinski definition) is 1. The fourth-order valence-electron chi connectivity index (χ4n) is 3.11. The molecule has 96 valence electrons. The summed E-state index contributed by atoms with van der Waals surface area (Å²) in [7, 11) is 0. The lowest BCUT2D eigenvalue weighted by Gasteiger charge is -2.17. The van der Waals surface area contributed by atoms with Crippen LogP contribution >= 0.6 is 11.6 Å². The van der Waals surface area contributed by atoms with E-state index in [1.165, 1.54) is 49.8 Å². The Hall–Kier alpha value is -0.500. The molecule has 1 aliphatic rings. The number of nitrogens with zero attached hydrogens (tertiary/aromatic N) is 2. The minimum atomic E-state index is 0.0644. The number of alkyl halides is 1. The summed E-state index contributed by atoms with van der Waals surface area (Å²) in [4.78, 5) is 0. The minimum absolute atomic E-state index is 0.0644. The van der Waals surface area contributed by atoms with Gasteiger partial charge in [0, 0.05) is 11.3 Å². The zero-order valence-corrected chi connectivity index (χ0v) is 11.9. The average molecular weight is 255 g/mol. The molecular formula is C14H23ClN2. The molecule has 0 saturated heterocycles. The van der Waals surface area contributed by atoms with Crippen LogP contribution in [0.3, 0.4) is 0 Å². The van der Waals surface area contributed by atoms with E-state index in [-0.39, 0.29) is 5.38 Å². The number of aryl methyl sites for hydroxylation is 1. The lowest BCUT2D eigenvalue weighted by molar-refractivity contribution is 0.396. The van der Waals surface area contributed by atoms with Gasteiger partial charge in [-0.25, -0.2) is 0 Å². The normalized spacial score (nSPS) is 20.2. The first-order valence-electron chi connectivity index (χ1n) is 6.81. The lowest BCUT2D eigenvalue weighted by atomic mass is 10.1. The van der Waals surface area contributed by atoms with Crippen molar-refractivity contribution in [2.75, 3.05) is 0 Å². The maximum absolute atomic E-state index is 6.24. The Kier molecular flexibility index (Phi) is 4.13. The summed E-state index contributed by atoms with van der Waals surface area (Å²) in [5.41, 5.74) is 3.61. The van der Waals surface area contributed by atoms with Gasteiger partial charge >= 0.3 is 0 Å². The number of hydrogen-bond donors (Lipinski definition) is 0. The molecule has 1 heterocycles. The first-order valence-corrected chi connectivity index (χ1v) is 7.24. The molecule has 3 heteroatoms. The van der Waals surface area contributed by atoms with Crippen LogP contribution in [-0.4, -0.2) is 9.78 Å². The first kappa shape index (κ1) is 12.9. The molecule has 17 heavy (non-hydrogen) atoms. The van der Waals surface area contributed by atoms with E-state index >= 15 is 0 Å². The molecule has 0 amide bonds. The van der Waals surface area contributed by atoms with Gasteiger partial charge in [0.2, 0.25) is 0 Å². The second kappa shape index (κ2) is 5.43. The van der Waals surface area contributed by atoms with Crippen LogP contribution in [0, 0.1) is 13.8 Å². The number of halogens is 1. The van der Waals surface area contributed by atoms with E-state index in [1.54, 1.807) is 0 Å². The molecular weight excluding hydrogens is 232 g/mol. The lowest BCUT2D eigenvalue weighted by Crippen LogP contribution is -2.11. The molecule has 0 aliphatic heterocycles. The predicted molar refractivity (Wildman–Crippen MR) is 72.7 cm³/mol. The largest absolute Gasteiger partial charge is 0.266 e. The molecule has 2 nitrogen and oxygen atoms in total. The van der Waals surface area contributed by atoms with Crippen LogP contribution in [0.2, 0.25) is 0 Å². The molecule has 0 bridgehead atoms. The van der Waals surface area contributed by atoms with Crippen molar-refractivity contribution in [3.05, 3.63) is 17.0 Å². The van der Waals surface area contributed by atoms with E-state index in [1.807, 2.05) is 6.92 Å². The highest BCUT2D eigenvalue weighted by atomic mass is 35.5. The fraction of sp³-hybridized carbons (Fsp3) is 0.786. The van der Waals surface area contributed by atoms with E-state index in [4.69, 9.17) is 16.7 Å². The Morgan fingerprint density at radius 1 is 1.18 bits per heavy atom. The van der Waals surface area contributed by atoms with Crippen LogP contribution in [0.5, 0.6) is 0 Å². The highest BCUT2D eigenvalue weighted by molar-refractivity contribution is 6.20. The van der Waals surface area contributed by atoms with Gasteiger partial charge in [0.1, 0.15) is 0 Å². The molecule has 1 aromatic rings. The highest BCUT2D eigenvalue weighted by Gasteiger charge is 2.21. The van der Waals surface area contributed by atoms with Crippen LogP contribution < -0.4 is 0 Å². The Balaban J connectivity index is 2.28. The van der Waals surface area contributed by atoms with Gasteiger partial charge in [0.25, 0.3) is 0 Å². The summed E-state index contributed by atoms with van der Waals surface area (Å²) >= 11 is 6.24. The van der Waals surface area contributed by atoms with Crippen molar-refractivity contribution in [3.63, 3.8) is 0 Å². The van der Waals surface area contributed by atoms with Gasteiger partial charge in [-0.05, 0) is 33.6 Å². The van der Waals surface area contributed by atoms with Gasteiger partial charge in [-0.1, -0.05) is 25.7 Å². The zero-order valence-electron chi connectivity index (χ0n) is 11.2. The second-order valence-corrected chi connectivity index (χ2v) is 5.95. The molecule has 1 unspecified atom stereocenters. The molecule has 1 aromatic heterocycles. The van der Waals surface area contributed by atoms with Crippen LogP contribution in [0.4, 0.5) is 0 Å². The van der Waals surface area contributed by atoms with Crippen molar-refractivity contribution < 1.29 is 0 Å². The summed E-state index contributed by atoms with van der Waals surface area (Å²) in [6, 6.07) is 0.598. The third-order valence-corrected chi connectivity index (χ3v) is 4.17. The molecule has 0 spiro atoms. The van der Waals surface area contributed by atoms with Gasteiger partial charge in [-0.15, -0.1) is 11.6 Å². The van der Waals surface area contributed by atoms with E-state index in [2.05, 4.69) is 18.5 Å². The standard InChI is InChI=1S/C14H23ClN2/c1-10(15)14-11(2)16-17(12(14)3)13-8-6-4-5-7-9-13/h10,13H,4-9H2,1-3H3. The molecule has 0 radical (unpaired) electrons. The summed E-state index contributed by atoms with van der Waals surface area (Å²) in [5.74, 6) is 0. The number of rotatable bonds is 2. The maximum atomic E-state index is 6.24. The van der Waals surface area contributed by atoms with Gasteiger partial charge in [0.15, 0.2) is 0 Å². The van der Waals surface area contributed by atoms with Gasteiger partial charge < -0.3 is 0 Å². The van der Waals surface area contributed by atoms with E-state index in [0.717, 1.165) is 5.69 Å². The second-order valence-electron chi connectivity index (χ2n) is 5.29.